The molecule has 0 saturated heterocycles. The van der Waals surface area contributed by atoms with Crippen LogP contribution in [0.25, 0.3) is 0 Å². The summed E-state index contributed by atoms with van der Waals surface area (Å²) >= 11 is 0. The summed E-state index contributed by atoms with van der Waals surface area (Å²) in [6, 6.07) is 13.1. The minimum Gasteiger partial charge on any atom is -0.510 e. The molecule has 4 rings (SSSR count). The summed E-state index contributed by atoms with van der Waals surface area (Å²) in [6.07, 6.45) is 8.15. The molecular formula is C18H16FIrN5-2. The second kappa shape index (κ2) is 9.20. The average molecular weight is 514 g/mol. The molecule has 0 amide bonds. The van der Waals surface area contributed by atoms with Gasteiger partial charge in [0.15, 0.2) is 0 Å². The molecule has 2 aromatic rings. The van der Waals surface area contributed by atoms with Crippen LogP contribution in [0.5, 0.6) is 0 Å². The van der Waals surface area contributed by atoms with E-state index in [2.05, 4.69) is 21.3 Å². The first-order valence-corrected chi connectivity index (χ1v) is 7.43. The molecular weight excluding hydrogens is 497 g/mol. The van der Waals surface area contributed by atoms with Gasteiger partial charge < -0.3 is 9.80 Å². The third kappa shape index (κ3) is 5.31. The van der Waals surface area contributed by atoms with Crippen LogP contribution in [0.4, 0.5) is 10.1 Å². The van der Waals surface area contributed by atoms with Gasteiger partial charge in [-0.1, -0.05) is 6.07 Å². The molecule has 0 aliphatic carbocycles. The van der Waals surface area contributed by atoms with Crippen molar-refractivity contribution < 1.29 is 24.5 Å². The van der Waals surface area contributed by atoms with E-state index in [1.165, 1.54) is 12.1 Å². The van der Waals surface area contributed by atoms with Crippen molar-refractivity contribution in [3.05, 3.63) is 79.2 Å². The summed E-state index contributed by atoms with van der Waals surface area (Å²) in [7, 11) is 1.93. The number of pyridine rings is 1. The molecule has 3 heterocycles. The molecule has 5 nitrogen and oxygen atoms in total. The Morgan fingerprint density at radius 3 is 2.64 bits per heavy atom. The van der Waals surface area contributed by atoms with E-state index in [-0.39, 0.29) is 25.9 Å². The Hall–Kier alpha value is -2.37. The molecule has 2 aliphatic rings. The van der Waals surface area contributed by atoms with E-state index in [9.17, 15) is 4.39 Å². The second-order valence-electron chi connectivity index (χ2n) is 5.14. The molecule has 0 spiro atoms. The molecule has 7 heteroatoms. The van der Waals surface area contributed by atoms with E-state index in [4.69, 9.17) is 0 Å². The molecule has 0 N–H and O–H groups in total. The maximum Gasteiger partial charge on any atom is 0.0940 e. The zero-order valence-electron chi connectivity index (χ0n) is 13.5. The fraction of sp³-hybridized carbons (Fsp3) is 0.111. The largest absolute Gasteiger partial charge is 0.510 e. The van der Waals surface area contributed by atoms with Crippen molar-refractivity contribution in [2.45, 2.75) is 6.42 Å². The number of hydrogen-bond acceptors (Lipinski definition) is 5. The molecule has 0 atom stereocenters. The molecule has 2 aliphatic heterocycles. The van der Waals surface area contributed by atoms with E-state index in [0.717, 1.165) is 23.5 Å². The van der Waals surface area contributed by atoms with Crippen LogP contribution in [0.15, 0.2) is 65.2 Å². The Balaban J connectivity index is 0.000000175. The molecule has 0 fully saturated rings. The fourth-order valence-corrected chi connectivity index (χ4v) is 2.12. The smallest absolute Gasteiger partial charge is 0.0940 e. The van der Waals surface area contributed by atoms with Crippen LogP contribution in [0.3, 0.4) is 0 Å². The summed E-state index contributed by atoms with van der Waals surface area (Å²) < 4.78 is 12.6. The van der Waals surface area contributed by atoms with Crippen molar-refractivity contribution in [1.82, 2.24) is 9.88 Å². The number of nitrogens with zero attached hydrogens (tertiary/aromatic N) is 5. The van der Waals surface area contributed by atoms with Crippen molar-refractivity contribution in [1.29, 1.82) is 0 Å². The fourth-order valence-electron chi connectivity index (χ4n) is 2.12. The molecule has 1 radical (unpaired) electrons. The quantitative estimate of drug-likeness (QED) is 0.580. The Bertz CT molecular complexity index is 759. The Kier molecular flexibility index (Phi) is 6.98. The molecule has 0 saturated carbocycles. The SMILES string of the molecule is C1=NN=C(c2ccccn2)C1.CN1C=CN(c2[c-]cc(F)cc2)[CH-]1.[Ir]. The topological polar surface area (TPSA) is 44.1 Å². The average Bonchev–Trinajstić information content (AvgIpc) is 3.29. The zero-order chi connectivity index (χ0) is 16.8. The van der Waals surface area contributed by atoms with Gasteiger partial charge in [0.1, 0.15) is 0 Å². The Labute approximate surface area is 159 Å². The number of hydrogen-bond donors (Lipinski definition) is 0. The number of aromatic nitrogens is 1. The van der Waals surface area contributed by atoms with E-state index < -0.39 is 0 Å². The van der Waals surface area contributed by atoms with Crippen LogP contribution < -0.4 is 4.90 Å². The summed E-state index contributed by atoms with van der Waals surface area (Å²) in [6.45, 7) is 1.89. The Morgan fingerprint density at radius 2 is 2.08 bits per heavy atom. The van der Waals surface area contributed by atoms with Crippen molar-refractivity contribution >= 4 is 17.6 Å². The Morgan fingerprint density at radius 1 is 1.20 bits per heavy atom. The number of rotatable bonds is 2. The zero-order valence-corrected chi connectivity index (χ0v) is 15.9. The molecule has 25 heavy (non-hydrogen) atoms. The van der Waals surface area contributed by atoms with Crippen LogP contribution in [-0.4, -0.2) is 28.9 Å². The van der Waals surface area contributed by atoms with Gasteiger partial charge in [0.25, 0.3) is 0 Å². The monoisotopic (exact) mass is 514 g/mol. The van der Waals surface area contributed by atoms with Gasteiger partial charge in [-0.25, -0.2) is 0 Å². The van der Waals surface area contributed by atoms with Gasteiger partial charge in [0, 0.05) is 44.8 Å². The van der Waals surface area contributed by atoms with Gasteiger partial charge in [-0.2, -0.15) is 22.9 Å². The van der Waals surface area contributed by atoms with Gasteiger partial charge in [-0.3, -0.25) is 9.37 Å². The molecule has 0 bridgehead atoms. The standard InChI is InChI=1S/C10H9FN2.C8H7N3.Ir/c1-12-6-7-13(8-12)10-4-2-9(11)3-5-10;1-2-5-9-7(3-1)8-4-6-10-11-8;/h2-4,6-8H,1H3;1-3,5-6H,4H2;/q-2;;. The minimum atomic E-state index is -0.264. The maximum absolute atomic E-state index is 12.6. The van der Waals surface area contributed by atoms with Crippen LogP contribution in [0.1, 0.15) is 12.1 Å². The van der Waals surface area contributed by atoms with Gasteiger partial charge in [0.2, 0.25) is 0 Å². The van der Waals surface area contributed by atoms with Crippen molar-refractivity contribution in [2.24, 2.45) is 10.2 Å². The molecule has 1 aromatic heterocycles. The van der Waals surface area contributed by atoms with E-state index >= 15 is 0 Å². The molecule has 1 aromatic carbocycles. The van der Waals surface area contributed by atoms with Crippen molar-refractivity contribution in [3.8, 4) is 0 Å². The van der Waals surface area contributed by atoms with Gasteiger partial charge in [-0.15, -0.1) is 23.9 Å². The number of halogens is 1. The van der Waals surface area contributed by atoms with Crippen LogP contribution in [0.2, 0.25) is 0 Å². The van der Waals surface area contributed by atoms with E-state index in [0.29, 0.717) is 0 Å². The molecule has 0 unspecified atom stereocenters. The van der Waals surface area contributed by atoms with Crippen molar-refractivity contribution in [3.63, 3.8) is 0 Å². The summed E-state index contributed by atoms with van der Waals surface area (Å²) in [5, 5.41) is 7.69. The van der Waals surface area contributed by atoms with Crippen LogP contribution in [0, 0.1) is 18.6 Å². The summed E-state index contributed by atoms with van der Waals surface area (Å²) in [5.74, 6) is -0.264. The predicted molar refractivity (Wildman–Crippen MR) is 92.8 cm³/mol. The first-order valence-electron chi connectivity index (χ1n) is 7.43. The summed E-state index contributed by atoms with van der Waals surface area (Å²) in [5.41, 5.74) is 2.71. The third-order valence-corrected chi connectivity index (χ3v) is 3.31. The normalized spacial score (nSPS) is 14.7. The van der Waals surface area contributed by atoms with Gasteiger partial charge in [0.05, 0.1) is 11.4 Å². The second-order valence-corrected chi connectivity index (χ2v) is 5.14. The first kappa shape index (κ1) is 19.0. The first-order chi connectivity index (χ1) is 11.7. The van der Waals surface area contributed by atoms with E-state index in [1.54, 1.807) is 18.5 Å². The van der Waals surface area contributed by atoms with Gasteiger partial charge >= 0.3 is 0 Å². The van der Waals surface area contributed by atoms with Gasteiger partial charge in [-0.05, 0) is 31.6 Å². The number of anilines is 1. The minimum absolute atomic E-state index is 0. The molecule has 131 valence electrons. The third-order valence-electron chi connectivity index (χ3n) is 3.31. The number of benzene rings is 1. The van der Waals surface area contributed by atoms with Crippen LogP contribution >= 0.6 is 0 Å². The van der Waals surface area contributed by atoms with Crippen molar-refractivity contribution in [2.75, 3.05) is 11.9 Å². The summed E-state index contributed by atoms with van der Waals surface area (Å²) in [4.78, 5) is 7.94. The van der Waals surface area contributed by atoms with E-state index in [1.807, 2.05) is 54.1 Å². The van der Waals surface area contributed by atoms with Crippen LogP contribution in [-0.2, 0) is 20.1 Å². The maximum atomic E-state index is 12.6. The predicted octanol–water partition coefficient (Wildman–Crippen LogP) is 3.23.